The van der Waals surface area contributed by atoms with Crippen LogP contribution in [0, 0.1) is 5.92 Å². The zero-order valence-corrected chi connectivity index (χ0v) is 13.0. The molecule has 0 aromatic heterocycles. The lowest BCUT2D eigenvalue weighted by Crippen LogP contribution is -2.25. The third-order valence-electron chi connectivity index (χ3n) is 4.96. The van der Waals surface area contributed by atoms with Gasteiger partial charge < -0.3 is 10.2 Å². The van der Waals surface area contributed by atoms with Gasteiger partial charge in [0.05, 0.1) is 0 Å². The molecule has 1 amide bonds. The van der Waals surface area contributed by atoms with Crippen LogP contribution in [0.15, 0.2) is 18.2 Å². The molecule has 3 heteroatoms. The highest BCUT2D eigenvalue weighted by molar-refractivity contribution is 5.94. The highest BCUT2D eigenvalue weighted by Crippen LogP contribution is 2.31. The lowest BCUT2D eigenvalue weighted by molar-refractivity contribution is -0.116. The first-order valence-electron chi connectivity index (χ1n) is 8.39. The minimum absolute atomic E-state index is 0.145. The average Bonchev–Trinajstić information content (AvgIpc) is 2.91. The topological polar surface area (TPSA) is 32.3 Å². The summed E-state index contributed by atoms with van der Waals surface area (Å²) in [5.74, 6) is 1.07. The van der Waals surface area contributed by atoms with Crippen LogP contribution in [0.5, 0.6) is 0 Å². The van der Waals surface area contributed by atoms with Gasteiger partial charge in [-0.05, 0) is 42.5 Å². The van der Waals surface area contributed by atoms with Gasteiger partial charge in [0.25, 0.3) is 0 Å². The van der Waals surface area contributed by atoms with Crippen molar-refractivity contribution in [2.75, 3.05) is 23.3 Å². The highest BCUT2D eigenvalue weighted by Gasteiger charge is 2.22. The molecule has 1 aromatic carbocycles. The van der Waals surface area contributed by atoms with Crippen molar-refractivity contribution in [1.82, 2.24) is 0 Å². The van der Waals surface area contributed by atoms with Crippen LogP contribution in [-0.4, -0.2) is 19.0 Å². The summed E-state index contributed by atoms with van der Waals surface area (Å²) < 4.78 is 0. The van der Waals surface area contributed by atoms with E-state index in [0.717, 1.165) is 31.1 Å². The molecule has 1 heterocycles. The molecular formula is C18H26N2O. The molecule has 3 rings (SSSR count). The molecule has 2 aliphatic rings. The first kappa shape index (κ1) is 14.4. The van der Waals surface area contributed by atoms with Crippen molar-refractivity contribution < 1.29 is 4.79 Å². The minimum atomic E-state index is 0.145. The quantitative estimate of drug-likeness (QED) is 0.908. The van der Waals surface area contributed by atoms with Crippen molar-refractivity contribution >= 4 is 17.3 Å². The molecule has 3 nitrogen and oxygen atoms in total. The van der Waals surface area contributed by atoms with E-state index in [-0.39, 0.29) is 5.91 Å². The molecule has 1 fully saturated rings. The van der Waals surface area contributed by atoms with Crippen LogP contribution in [0.4, 0.5) is 11.4 Å². The van der Waals surface area contributed by atoms with Gasteiger partial charge in [-0.3, -0.25) is 4.79 Å². The van der Waals surface area contributed by atoms with Gasteiger partial charge in [0, 0.05) is 31.4 Å². The number of rotatable bonds is 4. The molecule has 114 valence electrons. The van der Waals surface area contributed by atoms with E-state index in [2.05, 4.69) is 23.5 Å². The van der Waals surface area contributed by atoms with E-state index in [9.17, 15) is 4.79 Å². The minimum Gasteiger partial charge on any atom is -0.385 e. The highest BCUT2D eigenvalue weighted by atomic mass is 16.2. The molecule has 1 saturated carbocycles. The normalized spacial score (nSPS) is 18.6. The van der Waals surface area contributed by atoms with Crippen LogP contribution in [0.2, 0.25) is 0 Å². The van der Waals surface area contributed by atoms with Crippen molar-refractivity contribution in [3.8, 4) is 0 Å². The molecule has 21 heavy (non-hydrogen) atoms. The lowest BCUT2D eigenvalue weighted by atomic mass is 9.87. The van der Waals surface area contributed by atoms with Crippen molar-refractivity contribution in [2.45, 2.75) is 51.9 Å². The maximum atomic E-state index is 11.6. The fourth-order valence-corrected chi connectivity index (χ4v) is 3.74. The number of benzene rings is 1. The second-order valence-electron chi connectivity index (χ2n) is 6.48. The van der Waals surface area contributed by atoms with Crippen molar-refractivity contribution in [1.29, 1.82) is 0 Å². The average molecular weight is 286 g/mol. The van der Waals surface area contributed by atoms with Gasteiger partial charge in [0.2, 0.25) is 5.91 Å². The third-order valence-corrected chi connectivity index (χ3v) is 4.96. The van der Waals surface area contributed by atoms with Crippen LogP contribution < -0.4 is 10.2 Å². The smallest absolute Gasteiger partial charge is 0.223 e. The van der Waals surface area contributed by atoms with Crippen LogP contribution >= 0.6 is 0 Å². The number of hydrogen-bond acceptors (Lipinski definition) is 2. The third kappa shape index (κ3) is 3.39. The molecule has 1 N–H and O–H groups in total. The monoisotopic (exact) mass is 286 g/mol. The first-order valence-corrected chi connectivity index (χ1v) is 8.39. The maximum absolute atomic E-state index is 11.6. The van der Waals surface area contributed by atoms with E-state index in [1.807, 2.05) is 4.90 Å². The number of hydrogen-bond donors (Lipinski definition) is 1. The summed E-state index contributed by atoms with van der Waals surface area (Å²) in [4.78, 5) is 13.4. The first-order chi connectivity index (χ1) is 10.2. The number of carbonyl (C=O) groups is 1. The van der Waals surface area contributed by atoms with E-state index < -0.39 is 0 Å². The van der Waals surface area contributed by atoms with E-state index in [0.29, 0.717) is 0 Å². The van der Waals surface area contributed by atoms with E-state index >= 15 is 0 Å². The Hall–Kier alpha value is -1.51. The number of anilines is 2. The second-order valence-corrected chi connectivity index (χ2v) is 6.48. The molecule has 0 spiro atoms. The lowest BCUT2D eigenvalue weighted by Gasteiger charge is -2.21. The summed E-state index contributed by atoms with van der Waals surface area (Å²) in [5, 5.41) is 3.56. The van der Waals surface area contributed by atoms with Gasteiger partial charge in [-0.25, -0.2) is 0 Å². The number of nitrogens with one attached hydrogen (secondary N) is 1. The van der Waals surface area contributed by atoms with Gasteiger partial charge in [-0.2, -0.15) is 0 Å². The van der Waals surface area contributed by atoms with Crippen molar-refractivity contribution in [2.24, 2.45) is 5.92 Å². The summed E-state index contributed by atoms with van der Waals surface area (Å²) in [6.07, 6.45) is 9.37. The Kier molecular flexibility index (Phi) is 4.47. The largest absolute Gasteiger partial charge is 0.385 e. The molecule has 1 aromatic rings. The zero-order valence-electron chi connectivity index (χ0n) is 13.0. The summed E-state index contributed by atoms with van der Waals surface area (Å²) in [5.41, 5.74) is 3.60. The van der Waals surface area contributed by atoms with Gasteiger partial charge in [-0.1, -0.05) is 32.1 Å². The Morgan fingerprint density at radius 1 is 1.29 bits per heavy atom. The number of carbonyl (C=O) groups excluding carboxylic acids is 1. The zero-order chi connectivity index (χ0) is 14.7. The van der Waals surface area contributed by atoms with Crippen molar-refractivity contribution in [3.63, 3.8) is 0 Å². The van der Waals surface area contributed by atoms with Crippen molar-refractivity contribution in [3.05, 3.63) is 23.8 Å². The van der Waals surface area contributed by atoms with Gasteiger partial charge in [0.1, 0.15) is 0 Å². The Balaban J connectivity index is 1.54. The molecule has 0 bridgehead atoms. The second kappa shape index (κ2) is 6.50. The molecule has 1 aliphatic heterocycles. The summed E-state index contributed by atoms with van der Waals surface area (Å²) in [7, 11) is 0. The Morgan fingerprint density at radius 3 is 2.86 bits per heavy atom. The van der Waals surface area contributed by atoms with Gasteiger partial charge in [0.15, 0.2) is 0 Å². The number of fused-ring (bicyclic) bond motifs is 1. The Labute approximate surface area is 127 Å². The van der Waals surface area contributed by atoms with Crippen LogP contribution in [0.1, 0.15) is 51.0 Å². The predicted molar refractivity (Wildman–Crippen MR) is 87.9 cm³/mol. The summed E-state index contributed by atoms with van der Waals surface area (Å²) in [6, 6.07) is 6.42. The molecular weight excluding hydrogens is 260 g/mol. The molecule has 0 saturated heterocycles. The molecule has 1 aliphatic carbocycles. The van der Waals surface area contributed by atoms with Crippen LogP contribution in [0.25, 0.3) is 0 Å². The summed E-state index contributed by atoms with van der Waals surface area (Å²) >= 11 is 0. The standard InChI is InChI=1S/C18H26N2O/c1-14(21)20-12-10-16-13-17(7-8-18(16)20)19-11-9-15-5-3-2-4-6-15/h7-8,13,15,19H,2-6,9-12H2,1H3. The van der Waals surface area contributed by atoms with E-state index in [4.69, 9.17) is 0 Å². The van der Waals surface area contributed by atoms with Crippen LogP contribution in [-0.2, 0) is 11.2 Å². The van der Waals surface area contributed by atoms with Gasteiger partial charge in [-0.15, -0.1) is 0 Å². The van der Waals surface area contributed by atoms with Gasteiger partial charge >= 0.3 is 0 Å². The fraction of sp³-hybridized carbons (Fsp3) is 0.611. The SMILES string of the molecule is CC(=O)N1CCc2cc(NCCC3CCCCC3)ccc21. The van der Waals surface area contributed by atoms with Crippen LogP contribution in [0.3, 0.4) is 0 Å². The predicted octanol–water partition coefficient (Wildman–Crippen LogP) is 3.98. The maximum Gasteiger partial charge on any atom is 0.223 e. The number of amides is 1. The molecule has 0 unspecified atom stereocenters. The number of nitrogens with zero attached hydrogens (tertiary/aromatic N) is 1. The fourth-order valence-electron chi connectivity index (χ4n) is 3.74. The molecule has 0 atom stereocenters. The summed E-state index contributed by atoms with van der Waals surface area (Å²) in [6.45, 7) is 3.54. The Morgan fingerprint density at radius 2 is 2.10 bits per heavy atom. The van der Waals surface area contributed by atoms with E-state index in [1.54, 1.807) is 6.92 Å². The molecule has 0 radical (unpaired) electrons. The van der Waals surface area contributed by atoms with E-state index in [1.165, 1.54) is 49.8 Å². The Bertz CT molecular complexity index is 506.